The van der Waals surface area contributed by atoms with Gasteiger partial charge in [0.25, 0.3) is 10.0 Å². The number of anilines is 1. The van der Waals surface area contributed by atoms with Crippen LogP contribution in [0, 0.1) is 6.92 Å². The molecule has 4 aromatic rings. The minimum absolute atomic E-state index is 0.00981. The van der Waals surface area contributed by atoms with E-state index in [9.17, 15) is 18.0 Å². The van der Waals surface area contributed by atoms with E-state index < -0.39 is 28.5 Å². The van der Waals surface area contributed by atoms with E-state index in [1.54, 1.807) is 18.2 Å². The zero-order valence-corrected chi connectivity index (χ0v) is 27.8. The van der Waals surface area contributed by atoms with Crippen LogP contribution in [0.25, 0.3) is 0 Å². The minimum Gasteiger partial charge on any atom is -0.352 e. The van der Waals surface area contributed by atoms with Crippen molar-refractivity contribution >= 4 is 50.7 Å². The maximum Gasteiger partial charge on any atom is 0.264 e. The summed E-state index contributed by atoms with van der Waals surface area (Å²) in [6, 6.07) is 28.3. The second kappa shape index (κ2) is 15.4. The Hall–Kier alpha value is -3.85. The SMILES string of the molecule is CC[C@@H](C)NC(=O)[C@@H](Cc1ccccc1)N(Cc1cccc(C)c1)C(=O)CN(c1ccc(Cl)cc1Cl)S(=O)(=O)c1ccccc1. The molecule has 2 atom stereocenters. The van der Waals surface area contributed by atoms with Crippen LogP contribution in [0.3, 0.4) is 0 Å². The summed E-state index contributed by atoms with van der Waals surface area (Å²) in [4.78, 5) is 29.9. The maximum absolute atomic E-state index is 14.5. The molecule has 0 aromatic heterocycles. The molecule has 7 nitrogen and oxygen atoms in total. The summed E-state index contributed by atoms with van der Waals surface area (Å²) in [6.07, 6.45) is 0.932. The number of nitrogens with one attached hydrogen (secondary N) is 1. The van der Waals surface area contributed by atoms with E-state index >= 15 is 0 Å². The quantitative estimate of drug-likeness (QED) is 0.166. The first kappa shape index (κ1) is 34.0. The fraction of sp³-hybridized carbons (Fsp3) is 0.257. The molecule has 0 aliphatic heterocycles. The summed E-state index contributed by atoms with van der Waals surface area (Å²) >= 11 is 12.7. The van der Waals surface area contributed by atoms with Crippen molar-refractivity contribution in [1.82, 2.24) is 10.2 Å². The molecule has 4 rings (SSSR count). The first-order valence-electron chi connectivity index (χ1n) is 14.7. The van der Waals surface area contributed by atoms with Crippen molar-refractivity contribution < 1.29 is 18.0 Å². The number of carbonyl (C=O) groups excluding carboxylic acids is 2. The number of amides is 2. The lowest BCUT2D eigenvalue weighted by molar-refractivity contribution is -0.140. The topological polar surface area (TPSA) is 86.8 Å². The number of hydrogen-bond donors (Lipinski definition) is 1. The Morgan fingerprint density at radius 1 is 0.844 bits per heavy atom. The lowest BCUT2D eigenvalue weighted by Gasteiger charge is -2.34. The molecule has 0 unspecified atom stereocenters. The predicted molar refractivity (Wildman–Crippen MR) is 181 cm³/mol. The Labute approximate surface area is 275 Å². The van der Waals surface area contributed by atoms with Gasteiger partial charge in [0.2, 0.25) is 11.8 Å². The zero-order chi connectivity index (χ0) is 32.6. The van der Waals surface area contributed by atoms with Crippen molar-refractivity contribution in [3.8, 4) is 0 Å². The molecule has 0 bridgehead atoms. The van der Waals surface area contributed by atoms with Crippen LogP contribution in [-0.2, 0) is 32.6 Å². The number of rotatable bonds is 13. The van der Waals surface area contributed by atoms with Crippen LogP contribution in [0.1, 0.15) is 37.0 Å². The van der Waals surface area contributed by atoms with Crippen molar-refractivity contribution in [3.63, 3.8) is 0 Å². The summed E-state index contributed by atoms with van der Waals surface area (Å²) < 4.78 is 29.2. The van der Waals surface area contributed by atoms with Gasteiger partial charge in [0.05, 0.1) is 15.6 Å². The number of benzene rings is 4. The molecule has 10 heteroatoms. The van der Waals surface area contributed by atoms with E-state index in [4.69, 9.17) is 23.2 Å². The van der Waals surface area contributed by atoms with Crippen molar-refractivity contribution in [2.75, 3.05) is 10.8 Å². The smallest absolute Gasteiger partial charge is 0.264 e. The first-order chi connectivity index (χ1) is 21.5. The number of carbonyl (C=O) groups is 2. The standard InChI is InChI=1S/C35H37Cl2N3O4S/c1-4-26(3)38-35(42)33(21-27-13-7-5-8-14-27)39(23-28-15-11-12-25(2)20-28)34(41)24-40(32-19-18-29(36)22-31(32)37)45(43,44)30-16-9-6-10-17-30/h5-20,22,26,33H,4,21,23-24H2,1-3H3,(H,38,42)/t26-,33-/m1/s1. The second-order valence-electron chi connectivity index (χ2n) is 11.0. The molecule has 45 heavy (non-hydrogen) atoms. The Kier molecular flexibility index (Phi) is 11.7. The largest absolute Gasteiger partial charge is 0.352 e. The fourth-order valence-corrected chi connectivity index (χ4v) is 6.93. The summed E-state index contributed by atoms with van der Waals surface area (Å²) in [6.45, 7) is 5.30. The number of aryl methyl sites for hydroxylation is 1. The molecular formula is C35H37Cl2N3O4S. The van der Waals surface area contributed by atoms with Crippen LogP contribution in [0.4, 0.5) is 5.69 Å². The third-order valence-corrected chi connectivity index (χ3v) is 9.81. The van der Waals surface area contributed by atoms with Gasteiger partial charge in [0.1, 0.15) is 12.6 Å². The van der Waals surface area contributed by atoms with E-state index in [-0.39, 0.29) is 40.5 Å². The molecule has 0 spiro atoms. The molecule has 0 aliphatic rings. The summed E-state index contributed by atoms with van der Waals surface area (Å²) in [5.41, 5.74) is 2.75. The zero-order valence-electron chi connectivity index (χ0n) is 25.5. The molecule has 0 fully saturated rings. The summed E-state index contributed by atoms with van der Waals surface area (Å²) in [7, 11) is -4.27. The maximum atomic E-state index is 14.5. The van der Waals surface area contributed by atoms with E-state index in [1.807, 2.05) is 75.4 Å². The van der Waals surface area contributed by atoms with Crippen LogP contribution in [-0.4, -0.2) is 43.8 Å². The van der Waals surface area contributed by atoms with Crippen LogP contribution in [0.2, 0.25) is 10.0 Å². The van der Waals surface area contributed by atoms with Crippen LogP contribution >= 0.6 is 23.2 Å². The van der Waals surface area contributed by atoms with Crippen LogP contribution < -0.4 is 9.62 Å². The van der Waals surface area contributed by atoms with Crippen molar-refractivity contribution in [1.29, 1.82) is 0 Å². The van der Waals surface area contributed by atoms with E-state index in [0.717, 1.165) is 21.0 Å². The van der Waals surface area contributed by atoms with E-state index in [2.05, 4.69) is 5.32 Å². The molecule has 0 heterocycles. The van der Waals surface area contributed by atoms with Gasteiger partial charge in [-0.15, -0.1) is 0 Å². The Morgan fingerprint density at radius 2 is 1.49 bits per heavy atom. The first-order valence-corrected chi connectivity index (χ1v) is 16.9. The average molecular weight is 667 g/mol. The highest BCUT2D eigenvalue weighted by Gasteiger charge is 2.35. The Morgan fingerprint density at radius 3 is 2.11 bits per heavy atom. The monoisotopic (exact) mass is 665 g/mol. The lowest BCUT2D eigenvalue weighted by Crippen LogP contribution is -2.54. The van der Waals surface area contributed by atoms with Gasteiger partial charge < -0.3 is 10.2 Å². The third kappa shape index (κ3) is 8.87. The van der Waals surface area contributed by atoms with Gasteiger partial charge in [-0.25, -0.2) is 8.42 Å². The van der Waals surface area contributed by atoms with Crippen molar-refractivity contribution in [2.45, 2.75) is 57.1 Å². The molecule has 0 radical (unpaired) electrons. The third-order valence-electron chi connectivity index (χ3n) is 7.50. The molecule has 0 saturated heterocycles. The van der Waals surface area contributed by atoms with Gasteiger partial charge in [-0.3, -0.25) is 13.9 Å². The highest BCUT2D eigenvalue weighted by molar-refractivity contribution is 7.92. The molecule has 236 valence electrons. The van der Waals surface area contributed by atoms with Crippen molar-refractivity contribution in [3.05, 3.63) is 130 Å². The molecule has 0 saturated carbocycles. The Bertz CT molecular complexity index is 1720. The van der Waals surface area contributed by atoms with Gasteiger partial charge in [0, 0.05) is 24.0 Å². The number of hydrogen-bond acceptors (Lipinski definition) is 4. The normalized spacial score (nSPS) is 12.6. The highest BCUT2D eigenvalue weighted by atomic mass is 35.5. The predicted octanol–water partition coefficient (Wildman–Crippen LogP) is 7.05. The molecule has 1 N–H and O–H groups in total. The summed E-state index contributed by atoms with van der Waals surface area (Å²) in [5.74, 6) is -0.890. The molecular weight excluding hydrogens is 629 g/mol. The lowest BCUT2D eigenvalue weighted by atomic mass is 10.0. The molecule has 2 amide bonds. The second-order valence-corrected chi connectivity index (χ2v) is 13.7. The fourth-order valence-electron chi connectivity index (χ4n) is 4.92. The van der Waals surface area contributed by atoms with Gasteiger partial charge in [-0.1, -0.05) is 108 Å². The molecule has 0 aliphatic carbocycles. The van der Waals surface area contributed by atoms with Crippen molar-refractivity contribution in [2.24, 2.45) is 0 Å². The number of nitrogens with zero attached hydrogens (tertiary/aromatic N) is 2. The average Bonchev–Trinajstić information content (AvgIpc) is 3.02. The number of halogens is 2. The van der Waals surface area contributed by atoms with E-state index in [0.29, 0.717) is 11.4 Å². The summed E-state index contributed by atoms with van der Waals surface area (Å²) in [5, 5.41) is 3.42. The molecule has 4 aromatic carbocycles. The minimum atomic E-state index is -4.27. The van der Waals surface area contributed by atoms with Crippen LogP contribution in [0.5, 0.6) is 0 Å². The highest BCUT2D eigenvalue weighted by Crippen LogP contribution is 2.33. The van der Waals surface area contributed by atoms with Crippen LogP contribution in [0.15, 0.2) is 108 Å². The van der Waals surface area contributed by atoms with Gasteiger partial charge >= 0.3 is 0 Å². The van der Waals surface area contributed by atoms with E-state index in [1.165, 1.54) is 35.2 Å². The van der Waals surface area contributed by atoms with Gasteiger partial charge in [-0.05, 0) is 61.7 Å². The Balaban J connectivity index is 1.83. The van der Waals surface area contributed by atoms with Gasteiger partial charge in [0.15, 0.2) is 0 Å². The number of sulfonamides is 1. The van der Waals surface area contributed by atoms with Gasteiger partial charge in [-0.2, -0.15) is 0 Å².